The number of alkyl halides is 1. The minimum Gasteiger partial charge on any atom is -0.443 e. The minimum atomic E-state index is -0.527. The summed E-state index contributed by atoms with van der Waals surface area (Å²) >= 11 is 5.55. The Hall–Kier alpha value is -1.26. The van der Waals surface area contributed by atoms with E-state index in [-0.39, 0.29) is 6.09 Å². The average molecular weight is 300 g/mol. The monoisotopic (exact) mass is 299 g/mol. The number of rotatable bonds is 6. The van der Waals surface area contributed by atoms with E-state index in [1.807, 2.05) is 51.1 Å². The Balaban J connectivity index is 2.71. The first-order valence-corrected chi connectivity index (χ1v) is 7.17. The van der Waals surface area contributed by atoms with Crippen LogP contribution < -0.4 is 4.90 Å². The van der Waals surface area contributed by atoms with Gasteiger partial charge in [0, 0.05) is 11.6 Å². The first-order valence-electron chi connectivity index (χ1n) is 6.63. The van der Waals surface area contributed by atoms with Gasteiger partial charge in [0.25, 0.3) is 0 Å². The highest BCUT2D eigenvalue weighted by molar-refractivity contribution is 6.17. The van der Waals surface area contributed by atoms with Crippen molar-refractivity contribution in [3.63, 3.8) is 0 Å². The number of benzene rings is 1. The number of hydrogen-bond acceptors (Lipinski definition) is 3. The fourth-order valence-electron chi connectivity index (χ4n) is 1.56. The molecule has 0 fully saturated rings. The minimum absolute atomic E-state index is 0.377. The molecule has 0 aliphatic rings. The van der Waals surface area contributed by atoms with Crippen molar-refractivity contribution < 1.29 is 14.3 Å². The topological polar surface area (TPSA) is 38.8 Å². The Morgan fingerprint density at radius 3 is 2.40 bits per heavy atom. The van der Waals surface area contributed by atoms with E-state index in [2.05, 4.69) is 0 Å². The second-order valence-corrected chi connectivity index (χ2v) is 5.65. The predicted octanol–water partition coefficient (Wildman–Crippen LogP) is 3.68. The van der Waals surface area contributed by atoms with Gasteiger partial charge in [-0.1, -0.05) is 18.2 Å². The maximum Gasteiger partial charge on any atom is 0.414 e. The van der Waals surface area contributed by atoms with Crippen LogP contribution in [0, 0.1) is 0 Å². The molecule has 5 heteroatoms. The Morgan fingerprint density at radius 2 is 1.85 bits per heavy atom. The Bertz CT molecular complexity index is 403. The Morgan fingerprint density at radius 1 is 1.20 bits per heavy atom. The summed E-state index contributed by atoms with van der Waals surface area (Å²) in [5.74, 6) is 0.442. The number of ether oxygens (including phenoxy) is 2. The van der Waals surface area contributed by atoms with Crippen molar-refractivity contribution in [3.05, 3.63) is 30.3 Å². The second kappa shape index (κ2) is 8.12. The molecule has 0 saturated carbocycles. The van der Waals surface area contributed by atoms with Crippen molar-refractivity contribution in [2.45, 2.75) is 26.4 Å². The maximum atomic E-state index is 12.2. The summed E-state index contributed by atoms with van der Waals surface area (Å²) in [6.07, 6.45) is -0.377. The van der Waals surface area contributed by atoms with Crippen molar-refractivity contribution in [2.24, 2.45) is 0 Å². The van der Waals surface area contributed by atoms with E-state index in [0.717, 1.165) is 5.69 Å². The van der Waals surface area contributed by atoms with Crippen LogP contribution in [0.5, 0.6) is 0 Å². The molecule has 20 heavy (non-hydrogen) atoms. The molecule has 1 aromatic carbocycles. The number of nitrogens with zero attached hydrogens (tertiary/aromatic N) is 1. The molecule has 1 rings (SSSR count). The lowest BCUT2D eigenvalue weighted by Gasteiger charge is -2.27. The molecule has 0 aliphatic heterocycles. The molecule has 0 aliphatic carbocycles. The third-order valence-corrected chi connectivity index (χ3v) is 2.52. The standard InChI is InChI=1S/C15H22ClNO3/c1-15(2,3)20-14(18)17(10-12-19-11-9-16)13-7-5-4-6-8-13/h4-8H,9-12H2,1-3H3. The van der Waals surface area contributed by atoms with Crippen LogP contribution in [-0.4, -0.2) is 37.3 Å². The van der Waals surface area contributed by atoms with Gasteiger partial charge in [0.1, 0.15) is 5.60 Å². The normalized spacial score (nSPS) is 11.2. The number of para-hydroxylation sites is 1. The largest absolute Gasteiger partial charge is 0.443 e. The van der Waals surface area contributed by atoms with Crippen molar-refractivity contribution in [1.29, 1.82) is 0 Å². The molecule has 0 N–H and O–H groups in total. The summed E-state index contributed by atoms with van der Waals surface area (Å²) < 4.78 is 10.8. The summed E-state index contributed by atoms with van der Waals surface area (Å²) in [6, 6.07) is 9.40. The third kappa shape index (κ3) is 6.26. The number of halogens is 1. The van der Waals surface area contributed by atoms with Crippen molar-refractivity contribution >= 4 is 23.4 Å². The lowest BCUT2D eigenvalue weighted by Crippen LogP contribution is -2.38. The zero-order valence-corrected chi connectivity index (χ0v) is 13.0. The first-order chi connectivity index (χ1) is 9.44. The van der Waals surface area contributed by atoms with Crippen LogP contribution in [0.25, 0.3) is 0 Å². The zero-order valence-electron chi connectivity index (χ0n) is 12.3. The van der Waals surface area contributed by atoms with Crippen molar-refractivity contribution in [3.8, 4) is 0 Å². The van der Waals surface area contributed by atoms with E-state index >= 15 is 0 Å². The van der Waals surface area contributed by atoms with Gasteiger partial charge in [0.15, 0.2) is 0 Å². The second-order valence-electron chi connectivity index (χ2n) is 5.27. The van der Waals surface area contributed by atoms with Gasteiger partial charge in [-0.15, -0.1) is 11.6 Å². The van der Waals surface area contributed by atoms with Crippen LogP contribution in [0.3, 0.4) is 0 Å². The van der Waals surface area contributed by atoms with Gasteiger partial charge in [-0.3, -0.25) is 4.90 Å². The van der Waals surface area contributed by atoms with Crippen LogP contribution in [-0.2, 0) is 9.47 Å². The lowest BCUT2D eigenvalue weighted by molar-refractivity contribution is 0.0563. The van der Waals surface area contributed by atoms with Crippen LogP contribution >= 0.6 is 11.6 Å². The molecule has 4 nitrogen and oxygen atoms in total. The van der Waals surface area contributed by atoms with Gasteiger partial charge < -0.3 is 9.47 Å². The highest BCUT2D eigenvalue weighted by Crippen LogP contribution is 2.17. The van der Waals surface area contributed by atoms with Crippen LogP contribution in [0.1, 0.15) is 20.8 Å². The fourth-order valence-corrected chi connectivity index (χ4v) is 1.67. The van der Waals surface area contributed by atoms with Gasteiger partial charge in [0.05, 0.1) is 19.8 Å². The number of carbonyl (C=O) groups is 1. The van der Waals surface area contributed by atoms with Gasteiger partial charge >= 0.3 is 6.09 Å². The van der Waals surface area contributed by atoms with E-state index < -0.39 is 5.60 Å². The van der Waals surface area contributed by atoms with Crippen LogP contribution in [0.15, 0.2) is 30.3 Å². The summed E-state index contributed by atoms with van der Waals surface area (Å²) in [7, 11) is 0. The van der Waals surface area contributed by atoms with Crippen molar-refractivity contribution in [2.75, 3.05) is 30.5 Å². The lowest BCUT2D eigenvalue weighted by atomic mass is 10.2. The molecule has 0 unspecified atom stereocenters. The van der Waals surface area contributed by atoms with Crippen LogP contribution in [0.2, 0.25) is 0 Å². The van der Waals surface area contributed by atoms with E-state index in [0.29, 0.717) is 25.6 Å². The summed E-state index contributed by atoms with van der Waals surface area (Å²) in [5.41, 5.74) is 0.261. The SMILES string of the molecule is CC(C)(C)OC(=O)N(CCOCCCl)c1ccccc1. The number of carbonyl (C=O) groups excluding carboxylic acids is 1. The first kappa shape index (κ1) is 16.8. The molecule has 112 valence electrons. The average Bonchev–Trinajstić information content (AvgIpc) is 2.37. The molecule has 0 radical (unpaired) electrons. The predicted molar refractivity (Wildman–Crippen MR) is 81.6 cm³/mol. The zero-order chi connectivity index (χ0) is 15.0. The quantitative estimate of drug-likeness (QED) is 0.594. The van der Waals surface area contributed by atoms with E-state index in [1.54, 1.807) is 4.90 Å². The highest BCUT2D eigenvalue weighted by atomic mass is 35.5. The molecular formula is C15H22ClNO3. The summed E-state index contributed by atoms with van der Waals surface area (Å²) in [4.78, 5) is 13.8. The molecule has 0 atom stereocenters. The molecule has 1 aromatic rings. The molecule has 0 spiro atoms. The highest BCUT2D eigenvalue weighted by Gasteiger charge is 2.23. The fraction of sp³-hybridized carbons (Fsp3) is 0.533. The smallest absolute Gasteiger partial charge is 0.414 e. The number of anilines is 1. The van der Waals surface area contributed by atoms with Gasteiger partial charge in [-0.2, -0.15) is 0 Å². The summed E-state index contributed by atoms with van der Waals surface area (Å²) in [5, 5.41) is 0. The maximum absolute atomic E-state index is 12.2. The molecule has 0 heterocycles. The van der Waals surface area contributed by atoms with Crippen molar-refractivity contribution in [1.82, 2.24) is 0 Å². The molecule has 1 amide bonds. The molecule has 0 saturated heterocycles. The van der Waals surface area contributed by atoms with Gasteiger partial charge in [-0.25, -0.2) is 4.79 Å². The molecular weight excluding hydrogens is 278 g/mol. The van der Waals surface area contributed by atoms with E-state index in [4.69, 9.17) is 21.1 Å². The summed E-state index contributed by atoms with van der Waals surface area (Å²) in [6.45, 7) is 6.85. The third-order valence-electron chi connectivity index (χ3n) is 2.36. The van der Waals surface area contributed by atoms with Crippen LogP contribution in [0.4, 0.5) is 10.5 Å². The Labute approximate surface area is 125 Å². The van der Waals surface area contributed by atoms with E-state index in [9.17, 15) is 4.79 Å². The number of amides is 1. The molecule has 0 bridgehead atoms. The van der Waals surface area contributed by atoms with E-state index in [1.165, 1.54) is 0 Å². The number of hydrogen-bond donors (Lipinski definition) is 0. The van der Waals surface area contributed by atoms with Gasteiger partial charge in [0.2, 0.25) is 0 Å². The molecule has 0 aromatic heterocycles. The van der Waals surface area contributed by atoms with Gasteiger partial charge in [-0.05, 0) is 32.9 Å². The Kier molecular flexibility index (Phi) is 6.82.